The predicted molar refractivity (Wildman–Crippen MR) is 116 cm³/mol. The molecule has 0 saturated carbocycles. The number of fused-ring (bicyclic) bond motifs is 3. The first-order valence-corrected chi connectivity index (χ1v) is 10.1. The summed E-state index contributed by atoms with van der Waals surface area (Å²) in [6, 6.07) is 16.1. The molecule has 0 radical (unpaired) electrons. The molecule has 0 spiro atoms. The molecular formula is C23H23N5O. The predicted octanol–water partition coefficient (Wildman–Crippen LogP) is 3.67. The number of hydrogen-bond acceptors (Lipinski definition) is 4. The summed E-state index contributed by atoms with van der Waals surface area (Å²) in [5, 5.41) is 5.51. The van der Waals surface area contributed by atoms with Crippen LogP contribution in [-0.2, 0) is 6.54 Å². The van der Waals surface area contributed by atoms with E-state index in [1.54, 1.807) is 0 Å². The molecule has 0 bridgehead atoms. The third-order valence-corrected chi connectivity index (χ3v) is 5.44. The Morgan fingerprint density at radius 1 is 1.07 bits per heavy atom. The highest BCUT2D eigenvalue weighted by Gasteiger charge is 2.22. The number of hydrogen-bond donors (Lipinski definition) is 0. The van der Waals surface area contributed by atoms with Crippen LogP contribution in [0, 0.1) is 6.92 Å². The maximum atomic E-state index is 12.7. The van der Waals surface area contributed by atoms with E-state index >= 15 is 0 Å². The molecule has 0 aliphatic carbocycles. The molecule has 0 atom stereocenters. The Balaban J connectivity index is 1.66. The number of anilines is 1. The average molecular weight is 385 g/mol. The number of allylic oxidation sites excluding steroid dienone is 1. The second kappa shape index (κ2) is 7.20. The molecular weight excluding hydrogens is 362 g/mol. The zero-order valence-electron chi connectivity index (χ0n) is 16.5. The third kappa shape index (κ3) is 3.20. The largest absolute Gasteiger partial charge is 0.341 e. The second-order valence-corrected chi connectivity index (χ2v) is 7.56. The van der Waals surface area contributed by atoms with Crippen molar-refractivity contribution in [1.29, 1.82) is 0 Å². The van der Waals surface area contributed by atoms with E-state index in [0.29, 0.717) is 17.7 Å². The lowest BCUT2D eigenvalue weighted by atomic mass is 10.2. The maximum Gasteiger partial charge on any atom is 0.282 e. The van der Waals surface area contributed by atoms with Crippen molar-refractivity contribution in [2.24, 2.45) is 0 Å². The maximum absolute atomic E-state index is 12.7. The average Bonchev–Trinajstić information content (AvgIpc) is 3.38. The molecule has 1 aliphatic rings. The summed E-state index contributed by atoms with van der Waals surface area (Å²) in [5.41, 5.74) is 2.85. The third-order valence-electron chi connectivity index (χ3n) is 5.44. The van der Waals surface area contributed by atoms with Crippen LogP contribution in [0.5, 0.6) is 0 Å². The standard InChI is InChI=1S/C23H23N5O/c1-17-11-12-20-19(16-17)21(29)24-22-27(15-7-10-18-8-3-2-4-9-18)25-23(28(20)22)26-13-5-6-14-26/h2-4,7-12,16H,5-6,13-15H2,1H3. The topological polar surface area (TPSA) is 55.4 Å². The molecule has 4 aromatic rings. The molecule has 1 aliphatic heterocycles. The van der Waals surface area contributed by atoms with Crippen molar-refractivity contribution in [3.05, 3.63) is 76.1 Å². The number of aromatic nitrogens is 4. The van der Waals surface area contributed by atoms with Crippen molar-refractivity contribution in [1.82, 2.24) is 19.2 Å². The molecule has 146 valence electrons. The number of benzene rings is 2. The van der Waals surface area contributed by atoms with Crippen molar-refractivity contribution in [3.8, 4) is 0 Å². The first-order valence-electron chi connectivity index (χ1n) is 10.1. The van der Waals surface area contributed by atoms with Gasteiger partial charge < -0.3 is 4.90 Å². The van der Waals surface area contributed by atoms with E-state index < -0.39 is 0 Å². The van der Waals surface area contributed by atoms with Crippen LogP contribution in [0.2, 0.25) is 0 Å². The van der Waals surface area contributed by atoms with E-state index in [4.69, 9.17) is 5.10 Å². The number of aryl methyl sites for hydroxylation is 1. The van der Waals surface area contributed by atoms with Gasteiger partial charge in [-0.3, -0.25) is 4.79 Å². The van der Waals surface area contributed by atoms with Gasteiger partial charge in [0.25, 0.3) is 5.56 Å². The Morgan fingerprint density at radius 3 is 2.66 bits per heavy atom. The zero-order valence-corrected chi connectivity index (χ0v) is 16.5. The molecule has 5 rings (SSSR count). The van der Waals surface area contributed by atoms with Gasteiger partial charge in [-0.1, -0.05) is 54.1 Å². The molecule has 1 fully saturated rings. The molecule has 3 heterocycles. The SMILES string of the molecule is Cc1ccc2c(c1)c(=O)nc1n(CC=Cc3ccccc3)nc(N3CCCC3)n21. The van der Waals surface area contributed by atoms with Gasteiger partial charge in [0.05, 0.1) is 17.4 Å². The lowest BCUT2D eigenvalue weighted by Gasteiger charge is -2.15. The minimum Gasteiger partial charge on any atom is -0.341 e. The van der Waals surface area contributed by atoms with Gasteiger partial charge in [-0.15, -0.1) is 5.10 Å². The summed E-state index contributed by atoms with van der Waals surface area (Å²) in [4.78, 5) is 19.4. The van der Waals surface area contributed by atoms with Crippen molar-refractivity contribution >= 4 is 28.7 Å². The molecule has 6 heteroatoms. The van der Waals surface area contributed by atoms with Crippen LogP contribution in [0.15, 0.2) is 59.4 Å². The quantitative estimate of drug-likeness (QED) is 0.538. The Hall–Kier alpha value is -3.41. The molecule has 29 heavy (non-hydrogen) atoms. The molecule has 2 aromatic carbocycles. The lowest BCUT2D eigenvalue weighted by molar-refractivity contribution is 0.712. The van der Waals surface area contributed by atoms with Crippen LogP contribution in [-0.4, -0.2) is 32.3 Å². The first kappa shape index (κ1) is 17.7. The fourth-order valence-corrected chi connectivity index (χ4v) is 3.99. The van der Waals surface area contributed by atoms with Crippen molar-refractivity contribution in [2.45, 2.75) is 26.3 Å². The molecule has 6 nitrogen and oxygen atoms in total. The van der Waals surface area contributed by atoms with Crippen LogP contribution < -0.4 is 10.5 Å². The minimum atomic E-state index is -0.204. The van der Waals surface area contributed by atoms with Crippen LogP contribution in [0.25, 0.3) is 22.8 Å². The summed E-state index contributed by atoms with van der Waals surface area (Å²) >= 11 is 0. The smallest absolute Gasteiger partial charge is 0.282 e. The lowest BCUT2D eigenvalue weighted by Crippen LogP contribution is -2.21. The summed E-state index contributed by atoms with van der Waals surface area (Å²) < 4.78 is 3.87. The van der Waals surface area contributed by atoms with E-state index in [0.717, 1.165) is 48.5 Å². The van der Waals surface area contributed by atoms with E-state index in [1.165, 1.54) is 0 Å². The molecule has 0 unspecified atom stereocenters. The highest BCUT2D eigenvalue weighted by atomic mass is 16.1. The van der Waals surface area contributed by atoms with Crippen LogP contribution in [0.4, 0.5) is 5.95 Å². The van der Waals surface area contributed by atoms with E-state index in [9.17, 15) is 4.79 Å². The summed E-state index contributed by atoms with van der Waals surface area (Å²) in [5.74, 6) is 1.46. The highest BCUT2D eigenvalue weighted by Crippen LogP contribution is 2.24. The molecule has 0 amide bonds. The molecule has 1 saturated heterocycles. The van der Waals surface area contributed by atoms with Crippen molar-refractivity contribution in [2.75, 3.05) is 18.0 Å². The monoisotopic (exact) mass is 385 g/mol. The summed E-state index contributed by atoms with van der Waals surface area (Å²) in [6.45, 7) is 4.50. The Labute approximate surface area is 168 Å². The minimum absolute atomic E-state index is 0.204. The van der Waals surface area contributed by atoms with Crippen LogP contribution in [0.3, 0.4) is 0 Å². The normalized spacial score (nSPS) is 14.6. The van der Waals surface area contributed by atoms with Gasteiger partial charge in [-0.25, -0.2) is 9.08 Å². The van der Waals surface area contributed by atoms with E-state index in [2.05, 4.69) is 34.2 Å². The highest BCUT2D eigenvalue weighted by molar-refractivity contribution is 5.82. The number of rotatable bonds is 4. The van der Waals surface area contributed by atoms with Gasteiger partial charge in [0, 0.05) is 13.1 Å². The van der Waals surface area contributed by atoms with Gasteiger partial charge in [0.15, 0.2) is 0 Å². The van der Waals surface area contributed by atoms with Crippen LogP contribution in [0.1, 0.15) is 24.0 Å². The Kier molecular flexibility index (Phi) is 4.39. The van der Waals surface area contributed by atoms with Gasteiger partial charge in [-0.2, -0.15) is 4.98 Å². The zero-order chi connectivity index (χ0) is 19.8. The Morgan fingerprint density at radius 2 is 1.86 bits per heavy atom. The summed E-state index contributed by atoms with van der Waals surface area (Å²) in [6.07, 6.45) is 6.44. The van der Waals surface area contributed by atoms with Gasteiger partial charge >= 0.3 is 0 Å². The van der Waals surface area contributed by atoms with Crippen molar-refractivity contribution < 1.29 is 0 Å². The second-order valence-electron chi connectivity index (χ2n) is 7.56. The fraction of sp³-hybridized carbons (Fsp3) is 0.261. The van der Waals surface area contributed by atoms with Gasteiger partial charge in [0.2, 0.25) is 11.7 Å². The van der Waals surface area contributed by atoms with Crippen molar-refractivity contribution in [3.63, 3.8) is 0 Å². The van der Waals surface area contributed by atoms with Gasteiger partial charge in [-0.05, 0) is 37.5 Å². The fourth-order valence-electron chi connectivity index (χ4n) is 3.99. The first-order chi connectivity index (χ1) is 14.2. The molecule has 0 N–H and O–H groups in total. The summed E-state index contributed by atoms with van der Waals surface area (Å²) in [7, 11) is 0. The molecule has 2 aromatic heterocycles. The Bertz CT molecular complexity index is 1260. The van der Waals surface area contributed by atoms with E-state index in [1.807, 2.05) is 52.4 Å². The number of nitrogens with zero attached hydrogens (tertiary/aromatic N) is 5. The van der Waals surface area contributed by atoms with Gasteiger partial charge in [0.1, 0.15) is 0 Å². The van der Waals surface area contributed by atoms with E-state index in [-0.39, 0.29) is 5.56 Å². The van der Waals surface area contributed by atoms with Crippen LogP contribution >= 0.6 is 0 Å².